The number of hydrogen-bond donors (Lipinski definition) is 0. The second-order valence-electron chi connectivity index (χ2n) is 17.3. The van der Waals surface area contributed by atoms with Crippen molar-refractivity contribution >= 4 is 17.2 Å². The van der Waals surface area contributed by atoms with Crippen molar-refractivity contribution < 1.29 is 31.8 Å². The van der Waals surface area contributed by atoms with Crippen LogP contribution in [0.2, 0.25) is 0 Å². The number of carbonyl (C=O) groups is 1. The zero-order valence-electron chi connectivity index (χ0n) is 29.6. The highest BCUT2D eigenvalue weighted by molar-refractivity contribution is 5.91. The summed E-state index contributed by atoms with van der Waals surface area (Å²) in [6.07, 6.45) is 10.7. The zero-order valence-corrected chi connectivity index (χ0v) is 29.6. The molecule has 4 aliphatic heterocycles. The zero-order chi connectivity index (χ0) is 35.4. The van der Waals surface area contributed by atoms with Crippen molar-refractivity contribution in [1.29, 1.82) is 0 Å². The maximum Gasteiger partial charge on any atom is 0.282 e. The predicted molar refractivity (Wildman–Crippen MR) is 185 cm³/mol. The fourth-order valence-corrected chi connectivity index (χ4v) is 9.89. The molecule has 280 valence electrons. The number of hydrogen-bond acceptors (Lipinski definition) is 9. The molecule has 2 aromatic rings. The van der Waals surface area contributed by atoms with Gasteiger partial charge in [0.05, 0.1) is 50.8 Å². The summed E-state index contributed by atoms with van der Waals surface area (Å²) in [4.78, 5) is 33.6. The summed E-state index contributed by atoms with van der Waals surface area (Å²) >= 11 is 0. The van der Waals surface area contributed by atoms with Crippen molar-refractivity contribution in [3.8, 4) is 11.8 Å². The molecule has 2 aromatic heterocycles. The van der Waals surface area contributed by atoms with E-state index in [0.717, 1.165) is 77.3 Å². The minimum Gasteiger partial charge on any atom is -0.476 e. The lowest BCUT2D eigenvalue weighted by Gasteiger charge is -2.42. The average Bonchev–Trinajstić information content (AvgIpc) is 3.92. The first kappa shape index (κ1) is 33.4. The van der Waals surface area contributed by atoms with Crippen molar-refractivity contribution in [2.24, 2.45) is 23.7 Å². The predicted octanol–water partition coefficient (Wildman–Crippen LogP) is 6.28. The Morgan fingerprint density at radius 1 is 0.654 bits per heavy atom. The van der Waals surface area contributed by atoms with Gasteiger partial charge < -0.3 is 19.3 Å². The molecule has 2 unspecified atom stereocenters. The van der Waals surface area contributed by atoms with Gasteiger partial charge in [0, 0.05) is 25.2 Å². The Kier molecular flexibility index (Phi) is 7.98. The minimum absolute atomic E-state index is 0.00662. The fourth-order valence-electron chi connectivity index (χ4n) is 9.89. The number of likely N-dealkylation sites (tertiary alicyclic amines) is 2. The molecule has 4 bridgehead atoms. The van der Waals surface area contributed by atoms with Gasteiger partial charge in [-0.2, -0.15) is 0 Å². The maximum absolute atomic E-state index is 15.6. The molecule has 0 amide bonds. The molecule has 8 aliphatic rings. The summed E-state index contributed by atoms with van der Waals surface area (Å²) in [5.41, 5.74) is 2.25. The Balaban J connectivity index is 1.04. The molecule has 6 atom stereocenters. The lowest BCUT2D eigenvalue weighted by Crippen LogP contribution is -2.56. The van der Waals surface area contributed by atoms with E-state index in [1.807, 2.05) is 24.3 Å². The van der Waals surface area contributed by atoms with Crippen molar-refractivity contribution in [2.75, 3.05) is 62.3 Å². The molecule has 13 heteroatoms. The summed E-state index contributed by atoms with van der Waals surface area (Å²) in [6.45, 7) is 1.02. The second kappa shape index (κ2) is 12.4. The Morgan fingerprint density at radius 3 is 1.40 bits per heavy atom. The molecule has 0 N–H and O–H groups in total. The van der Waals surface area contributed by atoms with Gasteiger partial charge in [-0.3, -0.25) is 14.6 Å². The Labute approximate surface area is 302 Å². The number of fused-ring (bicyclic) bond motifs is 4. The van der Waals surface area contributed by atoms with Crippen LogP contribution in [0.3, 0.4) is 0 Å². The number of halogens is 4. The number of anilines is 2. The van der Waals surface area contributed by atoms with Gasteiger partial charge in [-0.25, -0.2) is 27.5 Å². The van der Waals surface area contributed by atoms with Crippen LogP contribution >= 0.6 is 0 Å². The average molecular weight is 725 g/mol. The molecule has 10 rings (SSSR count). The van der Waals surface area contributed by atoms with Crippen LogP contribution in [-0.4, -0.2) is 102 Å². The van der Waals surface area contributed by atoms with Gasteiger partial charge in [-0.05, 0) is 112 Å². The second-order valence-corrected chi connectivity index (χ2v) is 17.3. The van der Waals surface area contributed by atoms with E-state index < -0.39 is 23.9 Å². The number of pyridine rings is 2. The summed E-state index contributed by atoms with van der Waals surface area (Å²) in [6, 6.07) is 6.48. The van der Waals surface area contributed by atoms with Crippen LogP contribution in [0.4, 0.5) is 28.9 Å². The van der Waals surface area contributed by atoms with E-state index >= 15 is 4.79 Å². The number of aromatic nitrogens is 2. The van der Waals surface area contributed by atoms with Crippen LogP contribution in [-0.2, 0) is 4.79 Å². The number of carbonyl (C=O) groups excluding carboxylic acids is 1. The summed E-state index contributed by atoms with van der Waals surface area (Å²) in [7, 11) is 0. The Morgan fingerprint density at radius 2 is 1.08 bits per heavy atom. The first-order valence-electron chi connectivity index (χ1n) is 19.6. The van der Waals surface area contributed by atoms with Gasteiger partial charge in [0.2, 0.25) is 11.8 Å². The molecule has 4 aliphatic carbocycles. The largest absolute Gasteiger partial charge is 0.476 e. The fraction of sp³-hybridized carbons (Fsp3) is 0.718. The first-order chi connectivity index (χ1) is 25.1. The third-order valence-corrected chi connectivity index (χ3v) is 13.1. The monoisotopic (exact) mass is 724 g/mol. The molecule has 6 heterocycles. The molecular weight excluding hydrogens is 676 g/mol. The van der Waals surface area contributed by atoms with E-state index in [0.29, 0.717) is 71.4 Å². The molecule has 9 nitrogen and oxygen atoms in total. The summed E-state index contributed by atoms with van der Waals surface area (Å²) in [5.74, 6) is -2.95. The molecule has 0 spiro atoms. The lowest BCUT2D eigenvalue weighted by molar-refractivity contribution is -0.132. The number of piperidine rings is 2. The highest BCUT2D eigenvalue weighted by Gasteiger charge is 2.52. The number of ketones is 1. The van der Waals surface area contributed by atoms with Crippen molar-refractivity contribution in [3.63, 3.8) is 0 Å². The lowest BCUT2D eigenvalue weighted by atomic mass is 9.92. The SMILES string of the molecule is O=C([C@H](c1ccc(N2CC(F)(F)C2)c(OCC2CC2)n1)N1C[C@@H]2CCC1C2)[C@H](c1ccc(N2CC(F)(F)C2)c(OCC2CC2)n1)N1C[C@@H]2CCC1C2. The van der Waals surface area contributed by atoms with Crippen LogP contribution in [0.25, 0.3) is 0 Å². The highest BCUT2D eigenvalue weighted by atomic mass is 19.3. The molecule has 8 fully saturated rings. The number of ether oxygens (including phenoxy) is 2. The van der Waals surface area contributed by atoms with E-state index in [9.17, 15) is 17.6 Å². The normalized spacial score (nSPS) is 31.4. The van der Waals surface area contributed by atoms with Gasteiger partial charge in [0.25, 0.3) is 11.8 Å². The van der Waals surface area contributed by atoms with Crippen LogP contribution in [0.1, 0.15) is 87.7 Å². The minimum atomic E-state index is -2.75. The van der Waals surface area contributed by atoms with Gasteiger partial charge in [-0.1, -0.05) is 0 Å². The Bertz CT molecular complexity index is 1590. The van der Waals surface area contributed by atoms with Gasteiger partial charge >= 0.3 is 0 Å². The van der Waals surface area contributed by atoms with E-state index in [-0.39, 0.29) is 44.0 Å². The molecular formula is C39H48F4N6O3. The molecule has 4 saturated heterocycles. The Hall–Kier alpha value is -3.19. The number of alkyl halides is 4. The third kappa shape index (κ3) is 6.31. The van der Waals surface area contributed by atoms with Crippen LogP contribution in [0.5, 0.6) is 11.8 Å². The van der Waals surface area contributed by atoms with E-state index in [4.69, 9.17) is 19.4 Å². The first-order valence-corrected chi connectivity index (χ1v) is 19.6. The molecule has 0 aromatic carbocycles. The number of nitrogens with zero attached hydrogens (tertiary/aromatic N) is 6. The van der Waals surface area contributed by atoms with Gasteiger partial charge in [0.1, 0.15) is 23.5 Å². The standard InChI is InChI=1S/C39H48F4N6O3/c40-38(41)19-46(20-38)31-11-9-29(44-36(31)51-17-23-1-2-23)33(48-15-25-5-7-27(48)13-25)35(50)34(49-16-26-6-8-28(49)14-26)30-10-12-32(47-21-39(42,43)22-47)37(45-30)52-18-24-3-4-24/h9-12,23-28,33-34H,1-8,13-22H2/t25-,26-,27?,28?,33+,34+/m1/s1. The highest BCUT2D eigenvalue weighted by Crippen LogP contribution is 2.49. The number of rotatable bonds is 14. The van der Waals surface area contributed by atoms with Crippen LogP contribution in [0.15, 0.2) is 24.3 Å². The van der Waals surface area contributed by atoms with Crippen molar-refractivity contribution in [3.05, 3.63) is 35.7 Å². The van der Waals surface area contributed by atoms with E-state index in [1.54, 1.807) is 9.80 Å². The van der Waals surface area contributed by atoms with Gasteiger partial charge in [0.15, 0.2) is 5.78 Å². The number of Topliss-reactive ketones (excluding diaryl/α,β-unsaturated/α-hetero) is 1. The summed E-state index contributed by atoms with van der Waals surface area (Å²) in [5, 5.41) is 0. The molecule has 0 radical (unpaired) electrons. The smallest absolute Gasteiger partial charge is 0.282 e. The molecule has 4 saturated carbocycles. The third-order valence-electron chi connectivity index (χ3n) is 13.1. The van der Waals surface area contributed by atoms with Crippen molar-refractivity contribution in [2.45, 2.75) is 100 Å². The van der Waals surface area contributed by atoms with Crippen LogP contribution in [0, 0.1) is 23.7 Å². The van der Waals surface area contributed by atoms with Gasteiger partial charge in [-0.15, -0.1) is 0 Å². The van der Waals surface area contributed by atoms with E-state index in [1.165, 1.54) is 0 Å². The summed E-state index contributed by atoms with van der Waals surface area (Å²) < 4.78 is 68.7. The van der Waals surface area contributed by atoms with E-state index in [2.05, 4.69) is 9.80 Å². The van der Waals surface area contributed by atoms with Crippen molar-refractivity contribution in [1.82, 2.24) is 19.8 Å². The molecule has 52 heavy (non-hydrogen) atoms. The topological polar surface area (TPSA) is 74.3 Å². The quantitative estimate of drug-likeness (QED) is 0.209. The maximum atomic E-state index is 15.6. The van der Waals surface area contributed by atoms with Crippen LogP contribution < -0.4 is 19.3 Å².